The van der Waals surface area contributed by atoms with Crippen molar-refractivity contribution in [2.45, 2.75) is 108 Å². The highest BCUT2D eigenvalue weighted by atomic mass is 16.6. The first kappa shape index (κ1) is 28.0. The van der Waals surface area contributed by atoms with Gasteiger partial charge < -0.3 is 29.2 Å². The molecule has 4 aliphatic heterocycles. The lowest BCUT2D eigenvalue weighted by atomic mass is 9.91. The summed E-state index contributed by atoms with van der Waals surface area (Å²) in [6.07, 6.45) is 14.3. The Morgan fingerprint density at radius 1 is 1.14 bits per heavy atom. The summed E-state index contributed by atoms with van der Waals surface area (Å²) in [6.45, 7) is 8.98. The van der Waals surface area contributed by atoms with Crippen LogP contribution in [0.3, 0.4) is 0 Å². The highest BCUT2D eigenvalue weighted by Gasteiger charge is 2.46. The Morgan fingerprint density at radius 3 is 2.78 bits per heavy atom. The summed E-state index contributed by atoms with van der Waals surface area (Å²) < 4.78 is 23.4. The summed E-state index contributed by atoms with van der Waals surface area (Å²) in [7, 11) is 0. The van der Waals surface area contributed by atoms with Crippen LogP contribution in [-0.4, -0.2) is 71.6 Å². The maximum Gasteiger partial charge on any atom is 0.330 e. The average molecular weight is 515 g/mol. The fourth-order valence-electron chi connectivity index (χ4n) is 5.45. The summed E-state index contributed by atoms with van der Waals surface area (Å²) in [4.78, 5) is 12.6. The normalized spacial score (nSPS) is 39.6. The second-order valence-corrected chi connectivity index (χ2v) is 11.0. The van der Waals surface area contributed by atoms with E-state index in [4.69, 9.17) is 18.9 Å². The van der Waals surface area contributed by atoms with E-state index in [0.717, 1.165) is 31.3 Å². The Balaban J connectivity index is 1.44. The molecule has 0 aromatic heterocycles. The van der Waals surface area contributed by atoms with Crippen LogP contribution in [0.2, 0.25) is 0 Å². The molecule has 1 saturated heterocycles. The topological polar surface area (TPSA) is 97.8 Å². The number of carbonyl (C=O) groups is 1. The number of hydrogen-bond acceptors (Lipinski definition) is 7. The fourth-order valence-corrected chi connectivity index (χ4v) is 5.45. The maximum atomic E-state index is 12.6. The van der Waals surface area contributed by atoms with E-state index in [2.05, 4.69) is 26.5 Å². The third kappa shape index (κ3) is 8.76. The summed E-state index contributed by atoms with van der Waals surface area (Å²) in [6, 6.07) is 0. The monoisotopic (exact) mass is 514 g/mol. The van der Waals surface area contributed by atoms with E-state index in [1.54, 1.807) is 12.2 Å². The van der Waals surface area contributed by atoms with Crippen LogP contribution < -0.4 is 0 Å². The smallest absolute Gasteiger partial charge is 0.330 e. The van der Waals surface area contributed by atoms with Gasteiger partial charge in [-0.3, -0.25) is 0 Å². The van der Waals surface area contributed by atoms with Gasteiger partial charge >= 0.3 is 5.97 Å². The van der Waals surface area contributed by atoms with Crippen LogP contribution in [0.15, 0.2) is 60.3 Å². The number of aliphatic hydroxyl groups excluding tert-OH is 2. The van der Waals surface area contributed by atoms with Crippen LogP contribution in [-0.2, 0) is 23.7 Å². The lowest BCUT2D eigenvalue weighted by molar-refractivity contribution is -0.148. The van der Waals surface area contributed by atoms with E-state index in [1.807, 2.05) is 18.2 Å². The first-order chi connectivity index (χ1) is 17.8. The summed E-state index contributed by atoms with van der Waals surface area (Å²) in [5.74, 6) is -0.141. The number of esters is 1. The van der Waals surface area contributed by atoms with Crippen molar-refractivity contribution < 1.29 is 34.0 Å². The number of aliphatic hydroxyl groups is 2. The van der Waals surface area contributed by atoms with Crippen molar-refractivity contribution in [2.75, 3.05) is 6.61 Å². The van der Waals surface area contributed by atoms with Crippen LogP contribution in [0.1, 0.15) is 58.8 Å². The van der Waals surface area contributed by atoms with Crippen molar-refractivity contribution in [2.24, 2.45) is 5.92 Å². The third-order valence-corrected chi connectivity index (χ3v) is 7.44. The number of carbonyl (C=O) groups excluding carboxylic acids is 1. The summed E-state index contributed by atoms with van der Waals surface area (Å²) in [5, 5.41) is 21.7. The SMILES string of the molecule is C=C1C[C@H](C)C[C@@H]2CC=CC(C/C=C\C(=O)O[C@H]([C@@H](O)/C=C/[C@@H]3CC(C)=CCO3)C[C@H]3O[C@H]3[C@@H](O)C1)O2. The number of cyclic esters (lactones) is 1. The molecule has 4 aliphatic rings. The van der Waals surface area contributed by atoms with E-state index >= 15 is 0 Å². The molecule has 7 nitrogen and oxygen atoms in total. The molecule has 4 rings (SSSR count). The molecule has 0 radical (unpaired) electrons. The fraction of sp³-hybridized carbons (Fsp3) is 0.633. The van der Waals surface area contributed by atoms with Crippen molar-refractivity contribution in [3.8, 4) is 0 Å². The molecular weight excluding hydrogens is 472 g/mol. The zero-order chi connectivity index (χ0) is 26.4. The molecule has 7 heteroatoms. The molecule has 204 valence electrons. The van der Waals surface area contributed by atoms with Gasteiger partial charge in [0.25, 0.3) is 0 Å². The molecule has 4 heterocycles. The van der Waals surface area contributed by atoms with E-state index < -0.39 is 24.3 Å². The second kappa shape index (κ2) is 13.2. The van der Waals surface area contributed by atoms with E-state index in [-0.39, 0.29) is 36.9 Å². The average Bonchev–Trinajstić information content (AvgIpc) is 3.61. The molecule has 0 aromatic carbocycles. The van der Waals surface area contributed by atoms with Crippen LogP contribution in [0, 0.1) is 5.92 Å². The minimum atomic E-state index is -1.03. The minimum absolute atomic E-state index is 0.0863. The van der Waals surface area contributed by atoms with Crippen LogP contribution in [0.25, 0.3) is 0 Å². The maximum absolute atomic E-state index is 12.6. The van der Waals surface area contributed by atoms with Gasteiger partial charge in [0.2, 0.25) is 0 Å². The first-order valence-corrected chi connectivity index (χ1v) is 13.6. The standard InChI is InChI=1S/C30H42O7/c1-19-12-13-34-23(15-19)10-11-25(31)27-18-28-30(37-28)26(32)17-21(3)14-20(2)16-24-8-4-6-22(35-24)7-5-9-29(33)36-27/h4-6,9-12,20,22-28,30-32H,3,7-8,13-18H2,1-2H3/b9-5-,11-10+/t20-,22?,23+,24-,25-,26-,27-,28+,30-/m0/s1. The van der Waals surface area contributed by atoms with Crippen molar-refractivity contribution in [1.29, 1.82) is 0 Å². The highest BCUT2D eigenvalue weighted by Crippen LogP contribution is 2.35. The van der Waals surface area contributed by atoms with E-state index in [9.17, 15) is 15.0 Å². The molecule has 1 unspecified atom stereocenters. The zero-order valence-electron chi connectivity index (χ0n) is 22.0. The molecule has 0 amide bonds. The van der Waals surface area contributed by atoms with Gasteiger partial charge in [0.1, 0.15) is 18.3 Å². The van der Waals surface area contributed by atoms with Crippen molar-refractivity contribution >= 4 is 5.97 Å². The second-order valence-electron chi connectivity index (χ2n) is 11.0. The lowest BCUT2D eigenvalue weighted by Gasteiger charge is -2.28. The highest BCUT2D eigenvalue weighted by molar-refractivity contribution is 5.82. The van der Waals surface area contributed by atoms with Crippen LogP contribution in [0.5, 0.6) is 0 Å². The van der Waals surface area contributed by atoms with Gasteiger partial charge in [-0.25, -0.2) is 4.79 Å². The molecule has 0 saturated carbocycles. The molecule has 0 aliphatic carbocycles. The van der Waals surface area contributed by atoms with Gasteiger partial charge in [-0.2, -0.15) is 0 Å². The largest absolute Gasteiger partial charge is 0.456 e. The quantitative estimate of drug-likeness (QED) is 0.332. The molecule has 0 aromatic rings. The first-order valence-electron chi connectivity index (χ1n) is 13.6. The number of ether oxygens (including phenoxy) is 4. The Bertz CT molecular complexity index is 919. The third-order valence-electron chi connectivity index (χ3n) is 7.44. The van der Waals surface area contributed by atoms with Crippen molar-refractivity contribution in [3.63, 3.8) is 0 Å². The Labute approximate surface area is 220 Å². The predicted octanol–water partition coefficient (Wildman–Crippen LogP) is 4.11. The molecule has 37 heavy (non-hydrogen) atoms. The van der Waals surface area contributed by atoms with Crippen LogP contribution in [0.4, 0.5) is 0 Å². The summed E-state index contributed by atoms with van der Waals surface area (Å²) >= 11 is 0. The molecule has 2 N–H and O–H groups in total. The van der Waals surface area contributed by atoms with Gasteiger partial charge in [-0.1, -0.05) is 61.1 Å². The number of hydrogen-bond donors (Lipinski definition) is 2. The van der Waals surface area contributed by atoms with Gasteiger partial charge in [-0.05, 0) is 51.4 Å². The van der Waals surface area contributed by atoms with Crippen LogP contribution >= 0.6 is 0 Å². The zero-order valence-corrected chi connectivity index (χ0v) is 22.0. The Hall–Kier alpha value is -2.03. The molecule has 2 bridgehead atoms. The van der Waals surface area contributed by atoms with Gasteiger partial charge in [0.05, 0.1) is 37.1 Å². The predicted molar refractivity (Wildman–Crippen MR) is 141 cm³/mol. The number of fused-ring (bicyclic) bond motifs is 3. The van der Waals surface area contributed by atoms with Crippen molar-refractivity contribution in [1.82, 2.24) is 0 Å². The Morgan fingerprint density at radius 2 is 1.97 bits per heavy atom. The molecule has 0 spiro atoms. The number of epoxide rings is 1. The lowest BCUT2D eigenvalue weighted by Crippen LogP contribution is -2.32. The molecular formula is C30H42O7. The van der Waals surface area contributed by atoms with Gasteiger partial charge in [0, 0.05) is 12.5 Å². The van der Waals surface area contributed by atoms with E-state index in [1.165, 1.54) is 11.6 Å². The minimum Gasteiger partial charge on any atom is -0.456 e. The van der Waals surface area contributed by atoms with Gasteiger partial charge in [0.15, 0.2) is 0 Å². The molecule has 9 atom stereocenters. The molecule has 1 fully saturated rings. The summed E-state index contributed by atoms with van der Waals surface area (Å²) in [5.41, 5.74) is 2.23. The van der Waals surface area contributed by atoms with Gasteiger partial charge in [-0.15, -0.1) is 0 Å². The Kier molecular flexibility index (Phi) is 9.96. The van der Waals surface area contributed by atoms with Crippen molar-refractivity contribution in [3.05, 3.63) is 60.3 Å². The number of rotatable bonds is 3. The van der Waals surface area contributed by atoms with E-state index in [0.29, 0.717) is 25.4 Å².